The molecule has 0 aliphatic heterocycles. The molecule has 5 nitrogen and oxygen atoms in total. The molecular weight excluding hydrogens is 226 g/mol. The van der Waals surface area contributed by atoms with Gasteiger partial charge in [0.15, 0.2) is 0 Å². The fourth-order valence-corrected chi connectivity index (χ4v) is 1.80. The fourth-order valence-electron chi connectivity index (χ4n) is 1.80. The minimum atomic E-state index is 0.248. The van der Waals surface area contributed by atoms with E-state index in [1.165, 1.54) is 0 Å². The van der Waals surface area contributed by atoms with Gasteiger partial charge in [0.05, 0.1) is 0 Å². The van der Waals surface area contributed by atoms with Crippen LogP contribution in [0.25, 0.3) is 10.8 Å². The molecule has 3 aromatic rings. The number of anilines is 3. The van der Waals surface area contributed by atoms with Crippen LogP contribution in [-0.4, -0.2) is 15.0 Å². The Morgan fingerprint density at radius 2 is 2.00 bits per heavy atom. The maximum Gasteiger partial charge on any atom is 0.221 e. The van der Waals surface area contributed by atoms with E-state index in [4.69, 9.17) is 5.73 Å². The van der Waals surface area contributed by atoms with Crippen molar-refractivity contribution in [3.8, 4) is 0 Å². The Labute approximate surface area is 104 Å². The molecule has 0 amide bonds. The molecule has 3 rings (SSSR count). The van der Waals surface area contributed by atoms with Crippen LogP contribution in [0.4, 0.5) is 17.5 Å². The molecule has 0 spiro atoms. The van der Waals surface area contributed by atoms with Gasteiger partial charge in [0, 0.05) is 29.7 Å². The third-order valence-electron chi connectivity index (χ3n) is 2.62. The van der Waals surface area contributed by atoms with Crippen LogP contribution in [0.15, 0.2) is 48.9 Å². The lowest BCUT2D eigenvalue weighted by atomic mass is 10.1. The lowest BCUT2D eigenvalue weighted by molar-refractivity contribution is 1.19. The smallest absolute Gasteiger partial charge is 0.221 e. The first-order valence-corrected chi connectivity index (χ1v) is 5.51. The van der Waals surface area contributed by atoms with Gasteiger partial charge in [0.25, 0.3) is 0 Å². The lowest BCUT2D eigenvalue weighted by Crippen LogP contribution is -1.99. The quantitative estimate of drug-likeness (QED) is 0.715. The number of nitrogens with zero attached hydrogens (tertiary/aromatic N) is 3. The molecule has 5 heteroatoms. The first-order valence-electron chi connectivity index (χ1n) is 5.51. The van der Waals surface area contributed by atoms with Crippen LogP contribution >= 0.6 is 0 Å². The van der Waals surface area contributed by atoms with Crippen LogP contribution in [0.1, 0.15) is 0 Å². The Bertz CT molecular complexity index is 690. The summed E-state index contributed by atoms with van der Waals surface area (Å²) in [5.41, 5.74) is 6.49. The standard InChI is InChI=1S/C13H11N5/c14-13-16-7-5-12(18-13)17-11-3-1-2-9-4-6-15-8-10(9)11/h1-8H,(H3,14,16,17,18). The van der Waals surface area contributed by atoms with E-state index in [1.807, 2.05) is 30.5 Å². The number of rotatable bonds is 2. The van der Waals surface area contributed by atoms with Gasteiger partial charge in [-0.2, -0.15) is 4.98 Å². The molecule has 88 valence electrons. The molecule has 2 aromatic heterocycles. The van der Waals surface area contributed by atoms with Crippen LogP contribution in [0, 0.1) is 0 Å². The van der Waals surface area contributed by atoms with Gasteiger partial charge in [-0.1, -0.05) is 12.1 Å². The van der Waals surface area contributed by atoms with Crippen molar-refractivity contribution in [2.75, 3.05) is 11.1 Å². The van der Waals surface area contributed by atoms with Crippen LogP contribution in [0.5, 0.6) is 0 Å². The largest absolute Gasteiger partial charge is 0.368 e. The number of nitrogens with two attached hydrogens (primary N) is 1. The molecule has 0 saturated carbocycles. The molecular formula is C13H11N5. The number of pyridine rings is 1. The summed E-state index contributed by atoms with van der Waals surface area (Å²) >= 11 is 0. The summed E-state index contributed by atoms with van der Waals surface area (Å²) in [6, 6.07) is 9.73. The highest BCUT2D eigenvalue weighted by Crippen LogP contribution is 2.24. The molecule has 0 fully saturated rings. The molecule has 3 N–H and O–H groups in total. The van der Waals surface area contributed by atoms with E-state index in [1.54, 1.807) is 18.5 Å². The monoisotopic (exact) mass is 237 g/mol. The molecule has 2 heterocycles. The Morgan fingerprint density at radius 3 is 2.89 bits per heavy atom. The van der Waals surface area contributed by atoms with E-state index in [0.717, 1.165) is 16.5 Å². The molecule has 0 aliphatic rings. The van der Waals surface area contributed by atoms with Gasteiger partial charge in [-0.05, 0) is 23.6 Å². The second-order valence-corrected chi connectivity index (χ2v) is 3.83. The molecule has 0 bridgehead atoms. The number of hydrogen-bond acceptors (Lipinski definition) is 5. The summed E-state index contributed by atoms with van der Waals surface area (Å²) in [5, 5.41) is 5.38. The third-order valence-corrected chi connectivity index (χ3v) is 2.62. The lowest BCUT2D eigenvalue weighted by Gasteiger charge is -2.08. The average Bonchev–Trinajstić information content (AvgIpc) is 2.39. The second-order valence-electron chi connectivity index (χ2n) is 3.83. The summed E-state index contributed by atoms with van der Waals surface area (Å²) in [5.74, 6) is 0.914. The van der Waals surface area contributed by atoms with E-state index in [9.17, 15) is 0 Å². The van der Waals surface area contributed by atoms with Crippen molar-refractivity contribution in [3.05, 3.63) is 48.9 Å². The Hall–Kier alpha value is -2.69. The Kier molecular flexibility index (Phi) is 2.49. The maximum absolute atomic E-state index is 5.55. The van der Waals surface area contributed by atoms with E-state index in [0.29, 0.717) is 5.82 Å². The molecule has 1 aromatic carbocycles. The number of hydrogen-bond donors (Lipinski definition) is 2. The van der Waals surface area contributed by atoms with Gasteiger partial charge in [0.2, 0.25) is 5.95 Å². The van der Waals surface area contributed by atoms with E-state index in [-0.39, 0.29) is 5.95 Å². The molecule has 0 atom stereocenters. The van der Waals surface area contributed by atoms with Crippen LogP contribution in [0.2, 0.25) is 0 Å². The third kappa shape index (κ3) is 1.93. The topological polar surface area (TPSA) is 76.7 Å². The molecule has 0 saturated heterocycles. The number of fused-ring (bicyclic) bond motifs is 1. The zero-order chi connectivity index (χ0) is 12.4. The molecule has 0 unspecified atom stereocenters. The minimum absolute atomic E-state index is 0.248. The second kappa shape index (κ2) is 4.29. The highest BCUT2D eigenvalue weighted by molar-refractivity contribution is 5.94. The zero-order valence-corrected chi connectivity index (χ0v) is 9.54. The molecule has 0 aliphatic carbocycles. The van der Waals surface area contributed by atoms with Crippen LogP contribution in [0.3, 0.4) is 0 Å². The Morgan fingerprint density at radius 1 is 1.06 bits per heavy atom. The highest BCUT2D eigenvalue weighted by atomic mass is 15.1. The molecule has 18 heavy (non-hydrogen) atoms. The summed E-state index contributed by atoms with van der Waals surface area (Å²) in [7, 11) is 0. The summed E-state index contributed by atoms with van der Waals surface area (Å²) in [6.45, 7) is 0. The fraction of sp³-hybridized carbons (Fsp3) is 0. The van der Waals surface area contributed by atoms with Crippen molar-refractivity contribution >= 4 is 28.2 Å². The van der Waals surface area contributed by atoms with Crippen molar-refractivity contribution in [2.24, 2.45) is 0 Å². The summed E-state index contributed by atoms with van der Waals surface area (Å²) in [6.07, 6.45) is 5.21. The SMILES string of the molecule is Nc1nccc(Nc2cccc3ccncc23)n1. The highest BCUT2D eigenvalue weighted by Gasteiger charge is 2.02. The van der Waals surface area contributed by atoms with Crippen LogP contribution in [-0.2, 0) is 0 Å². The van der Waals surface area contributed by atoms with Crippen molar-refractivity contribution < 1.29 is 0 Å². The van der Waals surface area contributed by atoms with Gasteiger partial charge in [-0.3, -0.25) is 4.98 Å². The van der Waals surface area contributed by atoms with Crippen molar-refractivity contribution in [3.63, 3.8) is 0 Å². The van der Waals surface area contributed by atoms with Crippen molar-refractivity contribution in [1.82, 2.24) is 15.0 Å². The number of nitrogen functional groups attached to an aromatic ring is 1. The van der Waals surface area contributed by atoms with Gasteiger partial charge in [-0.15, -0.1) is 0 Å². The summed E-state index contributed by atoms with van der Waals surface area (Å²) in [4.78, 5) is 12.1. The maximum atomic E-state index is 5.55. The number of aromatic nitrogens is 3. The normalized spacial score (nSPS) is 10.4. The van der Waals surface area contributed by atoms with E-state index < -0.39 is 0 Å². The van der Waals surface area contributed by atoms with E-state index in [2.05, 4.69) is 20.3 Å². The minimum Gasteiger partial charge on any atom is -0.368 e. The van der Waals surface area contributed by atoms with Crippen molar-refractivity contribution in [1.29, 1.82) is 0 Å². The van der Waals surface area contributed by atoms with Crippen LogP contribution < -0.4 is 11.1 Å². The average molecular weight is 237 g/mol. The van der Waals surface area contributed by atoms with Gasteiger partial charge >= 0.3 is 0 Å². The first kappa shape index (κ1) is 10.5. The predicted molar refractivity (Wildman–Crippen MR) is 71.5 cm³/mol. The molecule has 0 radical (unpaired) electrons. The first-order chi connectivity index (χ1) is 8.83. The Balaban J connectivity index is 2.05. The number of nitrogens with one attached hydrogen (secondary N) is 1. The van der Waals surface area contributed by atoms with Gasteiger partial charge < -0.3 is 11.1 Å². The van der Waals surface area contributed by atoms with Crippen molar-refractivity contribution in [2.45, 2.75) is 0 Å². The van der Waals surface area contributed by atoms with Gasteiger partial charge in [-0.25, -0.2) is 4.98 Å². The zero-order valence-electron chi connectivity index (χ0n) is 9.54. The summed E-state index contributed by atoms with van der Waals surface area (Å²) < 4.78 is 0. The van der Waals surface area contributed by atoms with Gasteiger partial charge in [0.1, 0.15) is 5.82 Å². The number of benzene rings is 1. The predicted octanol–water partition coefficient (Wildman–Crippen LogP) is 2.35. The van der Waals surface area contributed by atoms with E-state index >= 15 is 0 Å².